The number of carbonyl (C=O) groups excluding carboxylic acids is 1. The van der Waals surface area contributed by atoms with Gasteiger partial charge in [0.2, 0.25) is 0 Å². The number of halogens is 2. The molecule has 0 aliphatic carbocycles. The minimum absolute atomic E-state index is 0.0964. The van der Waals surface area contributed by atoms with Crippen molar-refractivity contribution in [3.8, 4) is 0 Å². The van der Waals surface area contributed by atoms with Crippen molar-refractivity contribution in [1.29, 1.82) is 0 Å². The van der Waals surface area contributed by atoms with E-state index >= 15 is 0 Å². The summed E-state index contributed by atoms with van der Waals surface area (Å²) in [7, 11) is 1.61. The van der Waals surface area contributed by atoms with E-state index in [4.69, 9.17) is 17.3 Å². The first-order chi connectivity index (χ1) is 9.93. The zero-order chi connectivity index (χ0) is 15.6. The molecule has 0 aliphatic heterocycles. The van der Waals surface area contributed by atoms with Crippen LogP contribution in [0.4, 0.5) is 10.1 Å². The largest absolute Gasteiger partial charge is 0.397 e. The SMILES string of the molecule is CCn1cc(N)cc1C(=O)N(C)Cc1c(F)cccc1Cl. The second-order valence-electron chi connectivity index (χ2n) is 4.81. The summed E-state index contributed by atoms with van der Waals surface area (Å²) in [5.41, 5.74) is 7.03. The van der Waals surface area contributed by atoms with Gasteiger partial charge in [0, 0.05) is 30.4 Å². The van der Waals surface area contributed by atoms with Crippen LogP contribution in [-0.2, 0) is 13.1 Å². The number of aryl methyl sites for hydroxylation is 1. The fraction of sp³-hybridized carbons (Fsp3) is 0.267. The number of hydrogen-bond acceptors (Lipinski definition) is 2. The number of nitrogens with zero attached hydrogens (tertiary/aromatic N) is 2. The molecule has 2 aromatic rings. The van der Waals surface area contributed by atoms with Gasteiger partial charge < -0.3 is 15.2 Å². The highest BCUT2D eigenvalue weighted by atomic mass is 35.5. The van der Waals surface area contributed by atoms with Gasteiger partial charge in [0.25, 0.3) is 5.91 Å². The molecule has 0 fully saturated rings. The van der Waals surface area contributed by atoms with Gasteiger partial charge in [-0.05, 0) is 25.1 Å². The molecular formula is C15H17ClFN3O. The summed E-state index contributed by atoms with van der Waals surface area (Å²) in [6.07, 6.45) is 1.71. The van der Waals surface area contributed by atoms with Gasteiger partial charge in [0.15, 0.2) is 0 Å². The third-order valence-electron chi connectivity index (χ3n) is 3.28. The first kappa shape index (κ1) is 15.4. The Balaban J connectivity index is 2.24. The minimum atomic E-state index is -0.424. The van der Waals surface area contributed by atoms with E-state index in [1.165, 1.54) is 17.0 Å². The van der Waals surface area contributed by atoms with Crippen LogP contribution in [0.5, 0.6) is 0 Å². The molecular weight excluding hydrogens is 293 g/mol. The highest BCUT2D eigenvalue weighted by Crippen LogP contribution is 2.21. The maximum atomic E-state index is 13.8. The summed E-state index contributed by atoms with van der Waals surface area (Å²) in [6, 6.07) is 6.08. The minimum Gasteiger partial charge on any atom is -0.397 e. The highest BCUT2D eigenvalue weighted by Gasteiger charge is 2.19. The van der Waals surface area contributed by atoms with E-state index in [-0.39, 0.29) is 12.5 Å². The van der Waals surface area contributed by atoms with Crippen LogP contribution in [0.1, 0.15) is 23.0 Å². The fourth-order valence-electron chi connectivity index (χ4n) is 2.16. The smallest absolute Gasteiger partial charge is 0.270 e. The van der Waals surface area contributed by atoms with Crippen LogP contribution in [0.3, 0.4) is 0 Å². The van der Waals surface area contributed by atoms with Gasteiger partial charge >= 0.3 is 0 Å². The van der Waals surface area contributed by atoms with Gasteiger partial charge in [-0.1, -0.05) is 17.7 Å². The predicted molar refractivity (Wildman–Crippen MR) is 81.7 cm³/mol. The molecule has 1 amide bonds. The summed E-state index contributed by atoms with van der Waals surface area (Å²) in [5, 5.41) is 0.306. The average Bonchev–Trinajstić information content (AvgIpc) is 2.83. The number of amides is 1. The molecule has 1 heterocycles. The van der Waals surface area contributed by atoms with Crippen LogP contribution in [0.2, 0.25) is 5.02 Å². The molecule has 0 aliphatic rings. The number of rotatable bonds is 4. The fourth-order valence-corrected chi connectivity index (χ4v) is 2.38. The third kappa shape index (κ3) is 3.19. The maximum Gasteiger partial charge on any atom is 0.270 e. The van der Waals surface area contributed by atoms with Crippen LogP contribution in [0.15, 0.2) is 30.5 Å². The molecule has 0 saturated heterocycles. The quantitative estimate of drug-likeness (QED) is 0.943. The number of nitrogens with two attached hydrogens (primary N) is 1. The van der Waals surface area contributed by atoms with Crippen molar-refractivity contribution in [3.63, 3.8) is 0 Å². The molecule has 112 valence electrons. The van der Waals surface area contributed by atoms with Crippen LogP contribution >= 0.6 is 11.6 Å². The van der Waals surface area contributed by atoms with Crippen molar-refractivity contribution in [2.45, 2.75) is 20.0 Å². The molecule has 21 heavy (non-hydrogen) atoms. The molecule has 6 heteroatoms. The topological polar surface area (TPSA) is 51.3 Å². The standard InChI is InChI=1S/C15H17ClFN3O/c1-3-20-8-10(18)7-14(20)15(21)19(2)9-11-12(16)5-4-6-13(11)17/h4-8H,3,9,18H2,1-2H3. The maximum absolute atomic E-state index is 13.8. The first-order valence-corrected chi connectivity index (χ1v) is 6.95. The Hall–Kier alpha value is -2.01. The van der Waals surface area contributed by atoms with Crippen LogP contribution < -0.4 is 5.73 Å². The second-order valence-corrected chi connectivity index (χ2v) is 5.21. The van der Waals surface area contributed by atoms with E-state index < -0.39 is 5.82 Å². The van der Waals surface area contributed by atoms with Gasteiger partial charge in [-0.15, -0.1) is 0 Å². The Labute approximate surface area is 127 Å². The Bertz CT molecular complexity index is 649. The van der Waals surface area contributed by atoms with Crippen LogP contribution in [0, 0.1) is 5.82 Å². The number of nitrogen functional groups attached to an aromatic ring is 1. The van der Waals surface area contributed by atoms with Crippen molar-refractivity contribution >= 4 is 23.2 Å². The summed E-state index contributed by atoms with van der Waals surface area (Å²) in [5.74, 6) is -0.652. The van der Waals surface area contributed by atoms with E-state index in [1.807, 2.05) is 6.92 Å². The number of anilines is 1. The molecule has 2 N–H and O–H groups in total. The van der Waals surface area contributed by atoms with E-state index in [2.05, 4.69) is 0 Å². The lowest BCUT2D eigenvalue weighted by Crippen LogP contribution is -2.28. The lowest BCUT2D eigenvalue weighted by atomic mass is 10.2. The Morgan fingerprint density at radius 1 is 1.48 bits per heavy atom. The van der Waals surface area contributed by atoms with Gasteiger partial charge in [-0.25, -0.2) is 4.39 Å². The molecule has 0 radical (unpaired) electrons. The summed E-state index contributed by atoms with van der Waals surface area (Å²) in [4.78, 5) is 13.9. The Morgan fingerprint density at radius 3 is 2.81 bits per heavy atom. The third-order valence-corrected chi connectivity index (χ3v) is 3.64. The molecule has 1 aromatic carbocycles. The number of benzene rings is 1. The molecule has 0 bridgehead atoms. The van der Waals surface area contributed by atoms with Gasteiger partial charge in [0.05, 0.1) is 12.2 Å². The Morgan fingerprint density at radius 2 is 2.19 bits per heavy atom. The number of aromatic nitrogens is 1. The van der Waals surface area contributed by atoms with Crippen LogP contribution in [0.25, 0.3) is 0 Å². The lowest BCUT2D eigenvalue weighted by Gasteiger charge is -2.19. The molecule has 2 rings (SSSR count). The van der Waals surface area contributed by atoms with Crippen molar-refractivity contribution in [3.05, 3.63) is 52.6 Å². The second kappa shape index (κ2) is 6.18. The lowest BCUT2D eigenvalue weighted by molar-refractivity contribution is 0.0773. The van der Waals surface area contributed by atoms with Gasteiger partial charge in [-0.3, -0.25) is 4.79 Å². The van der Waals surface area contributed by atoms with Crippen molar-refractivity contribution in [2.24, 2.45) is 0 Å². The molecule has 1 aromatic heterocycles. The highest BCUT2D eigenvalue weighted by molar-refractivity contribution is 6.31. The van der Waals surface area contributed by atoms with E-state index in [0.29, 0.717) is 28.5 Å². The van der Waals surface area contributed by atoms with Gasteiger partial charge in [-0.2, -0.15) is 0 Å². The van der Waals surface area contributed by atoms with Crippen molar-refractivity contribution < 1.29 is 9.18 Å². The van der Waals surface area contributed by atoms with E-state index in [0.717, 1.165) is 0 Å². The average molecular weight is 310 g/mol. The molecule has 0 unspecified atom stereocenters. The summed E-state index contributed by atoms with van der Waals surface area (Å²) < 4.78 is 15.5. The number of hydrogen-bond donors (Lipinski definition) is 1. The van der Waals surface area contributed by atoms with Gasteiger partial charge in [0.1, 0.15) is 11.5 Å². The molecule has 4 nitrogen and oxygen atoms in total. The van der Waals surface area contributed by atoms with Crippen molar-refractivity contribution in [2.75, 3.05) is 12.8 Å². The molecule has 0 saturated carbocycles. The summed E-state index contributed by atoms with van der Waals surface area (Å²) >= 11 is 5.98. The monoisotopic (exact) mass is 309 g/mol. The predicted octanol–water partition coefficient (Wildman–Crippen LogP) is 3.15. The first-order valence-electron chi connectivity index (χ1n) is 6.58. The zero-order valence-corrected chi connectivity index (χ0v) is 12.7. The molecule has 0 atom stereocenters. The number of carbonyl (C=O) groups is 1. The van der Waals surface area contributed by atoms with E-state index in [1.54, 1.807) is 29.9 Å². The van der Waals surface area contributed by atoms with Crippen molar-refractivity contribution in [1.82, 2.24) is 9.47 Å². The zero-order valence-electron chi connectivity index (χ0n) is 11.9. The summed E-state index contributed by atoms with van der Waals surface area (Å²) in [6.45, 7) is 2.65. The normalized spacial score (nSPS) is 10.7. The molecule has 0 spiro atoms. The van der Waals surface area contributed by atoms with Crippen LogP contribution in [-0.4, -0.2) is 22.4 Å². The van der Waals surface area contributed by atoms with E-state index in [9.17, 15) is 9.18 Å². The Kier molecular flexibility index (Phi) is 4.53.